The smallest absolute Gasteiger partial charge is 0.292 e. The quantitative estimate of drug-likeness (QED) is 0.649. The van der Waals surface area contributed by atoms with Crippen LogP contribution in [0.1, 0.15) is 5.56 Å². The summed E-state index contributed by atoms with van der Waals surface area (Å²) in [6, 6.07) is 15.2. The zero-order chi connectivity index (χ0) is 16.1. The number of nitrogens with one attached hydrogen (secondary N) is 1. The molecule has 23 heavy (non-hydrogen) atoms. The lowest BCUT2D eigenvalue weighted by Gasteiger charge is -2.27. The van der Waals surface area contributed by atoms with Crippen LogP contribution in [0.4, 0.5) is 17.1 Å². The highest BCUT2D eigenvalue weighted by atomic mass is 16.6. The minimum atomic E-state index is -0.332. The standard InChI is InChI=1S/C17H20N4O2/c22-21(23)17-7-6-15(20-10-8-18-9-11-20)12-16(17)19-13-14-4-2-1-3-5-14/h1-7,12,18-19H,8-11,13H2/p+1. The predicted octanol–water partition coefficient (Wildman–Crippen LogP) is 1.59. The summed E-state index contributed by atoms with van der Waals surface area (Å²) in [5.74, 6) is 0. The second-order valence-electron chi connectivity index (χ2n) is 5.65. The Balaban J connectivity index is 1.81. The minimum Gasteiger partial charge on any atom is -0.375 e. The summed E-state index contributed by atoms with van der Waals surface area (Å²) in [4.78, 5) is 13.2. The van der Waals surface area contributed by atoms with Crippen molar-refractivity contribution in [2.24, 2.45) is 0 Å². The first-order valence-corrected chi connectivity index (χ1v) is 7.87. The van der Waals surface area contributed by atoms with Crippen molar-refractivity contribution in [2.75, 3.05) is 36.4 Å². The number of hydrogen-bond acceptors (Lipinski definition) is 4. The van der Waals surface area contributed by atoms with Gasteiger partial charge in [-0.05, 0) is 17.7 Å². The van der Waals surface area contributed by atoms with Crippen LogP contribution >= 0.6 is 0 Å². The number of nitro benzene ring substituents is 1. The summed E-state index contributed by atoms with van der Waals surface area (Å²) in [6.07, 6.45) is 0. The molecule has 1 heterocycles. The lowest BCUT2D eigenvalue weighted by molar-refractivity contribution is -0.655. The number of hydrogen-bond donors (Lipinski definition) is 2. The number of piperazine rings is 1. The van der Waals surface area contributed by atoms with Crippen LogP contribution in [0.25, 0.3) is 0 Å². The minimum absolute atomic E-state index is 0.119. The van der Waals surface area contributed by atoms with Crippen LogP contribution in [-0.4, -0.2) is 31.1 Å². The Kier molecular flexibility index (Phi) is 4.73. The highest BCUT2D eigenvalue weighted by Gasteiger charge is 2.18. The van der Waals surface area contributed by atoms with Crippen molar-refractivity contribution in [2.45, 2.75) is 6.54 Å². The average molecular weight is 313 g/mol. The third-order valence-electron chi connectivity index (χ3n) is 4.07. The van der Waals surface area contributed by atoms with Crippen molar-refractivity contribution >= 4 is 17.1 Å². The van der Waals surface area contributed by atoms with E-state index in [9.17, 15) is 10.1 Å². The van der Waals surface area contributed by atoms with E-state index in [1.54, 1.807) is 6.07 Å². The molecule has 1 fully saturated rings. The fraction of sp³-hybridized carbons (Fsp3) is 0.294. The van der Waals surface area contributed by atoms with E-state index in [-0.39, 0.29) is 10.6 Å². The van der Waals surface area contributed by atoms with Crippen LogP contribution in [-0.2, 0) is 6.54 Å². The van der Waals surface area contributed by atoms with Gasteiger partial charge in [0.2, 0.25) is 0 Å². The van der Waals surface area contributed by atoms with Gasteiger partial charge in [-0.15, -0.1) is 0 Å². The van der Waals surface area contributed by atoms with E-state index in [1.165, 1.54) is 0 Å². The van der Waals surface area contributed by atoms with Gasteiger partial charge in [0.15, 0.2) is 0 Å². The highest BCUT2D eigenvalue weighted by molar-refractivity contribution is 5.69. The Morgan fingerprint density at radius 2 is 1.87 bits per heavy atom. The van der Waals surface area contributed by atoms with Gasteiger partial charge in [-0.3, -0.25) is 10.1 Å². The van der Waals surface area contributed by atoms with Gasteiger partial charge in [-0.25, -0.2) is 0 Å². The van der Waals surface area contributed by atoms with Gasteiger partial charge in [-0.1, -0.05) is 30.3 Å². The van der Waals surface area contributed by atoms with Crippen molar-refractivity contribution < 1.29 is 10.2 Å². The molecule has 1 aliphatic rings. The van der Waals surface area contributed by atoms with Crippen molar-refractivity contribution in [3.8, 4) is 0 Å². The van der Waals surface area contributed by atoms with E-state index >= 15 is 0 Å². The molecule has 1 aliphatic heterocycles. The van der Waals surface area contributed by atoms with Crippen LogP contribution in [0, 0.1) is 10.1 Å². The van der Waals surface area contributed by atoms with Gasteiger partial charge in [0.05, 0.1) is 31.1 Å². The van der Waals surface area contributed by atoms with Gasteiger partial charge in [-0.2, -0.15) is 0 Å². The largest absolute Gasteiger partial charge is 0.375 e. The molecule has 120 valence electrons. The molecule has 6 nitrogen and oxygen atoms in total. The van der Waals surface area contributed by atoms with Crippen molar-refractivity contribution in [3.05, 3.63) is 64.2 Å². The van der Waals surface area contributed by atoms with Crippen molar-refractivity contribution in [3.63, 3.8) is 0 Å². The Morgan fingerprint density at radius 1 is 1.13 bits per heavy atom. The summed E-state index contributed by atoms with van der Waals surface area (Å²) < 4.78 is 0. The van der Waals surface area contributed by atoms with E-state index in [2.05, 4.69) is 15.5 Å². The SMILES string of the molecule is O=[N+]([O-])c1ccc(N2CC[NH2+]CC2)cc1NCc1ccccc1. The monoisotopic (exact) mass is 313 g/mol. The molecule has 0 spiro atoms. The van der Waals surface area contributed by atoms with E-state index in [1.807, 2.05) is 42.5 Å². The van der Waals surface area contributed by atoms with Gasteiger partial charge in [0, 0.05) is 18.3 Å². The van der Waals surface area contributed by atoms with Gasteiger partial charge < -0.3 is 15.5 Å². The average Bonchev–Trinajstić information content (AvgIpc) is 2.61. The fourth-order valence-electron chi connectivity index (χ4n) is 2.82. The number of anilines is 2. The molecule has 0 aliphatic carbocycles. The van der Waals surface area contributed by atoms with Crippen LogP contribution < -0.4 is 15.5 Å². The predicted molar refractivity (Wildman–Crippen MR) is 90.7 cm³/mol. The molecule has 0 amide bonds. The second kappa shape index (κ2) is 7.11. The van der Waals surface area contributed by atoms with Crippen molar-refractivity contribution in [1.29, 1.82) is 0 Å². The Bertz CT molecular complexity index is 670. The van der Waals surface area contributed by atoms with Gasteiger partial charge in [0.1, 0.15) is 5.69 Å². The molecule has 0 bridgehead atoms. The molecule has 0 saturated carbocycles. The summed E-state index contributed by atoms with van der Waals surface area (Å²) in [7, 11) is 0. The van der Waals surface area contributed by atoms with Crippen molar-refractivity contribution in [1.82, 2.24) is 0 Å². The summed E-state index contributed by atoms with van der Waals surface area (Å²) in [6.45, 7) is 4.62. The molecule has 0 unspecified atom stereocenters. The van der Waals surface area contributed by atoms with E-state index in [0.29, 0.717) is 12.2 Å². The molecule has 3 N–H and O–H groups in total. The normalized spacial score (nSPS) is 14.5. The Hall–Kier alpha value is -2.60. The Labute approximate surface area is 135 Å². The topological polar surface area (TPSA) is 75.0 Å². The first-order chi connectivity index (χ1) is 11.2. The maximum atomic E-state index is 11.3. The maximum absolute atomic E-state index is 11.3. The third kappa shape index (κ3) is 3.78. The Morgan fingerprint density at radius 3 is 2.57 bits per heavy atom. The molecule has 1 saturated heterocycles. The molecule has 0 atom stereocenters. The van der Waals surface area contributed by atoms with E-state index in [4.69, 9.17) is 0 Å². The summed E-state index contributed by atoms with van der Waals surface area (Å²) >= 11 is 0. The van der Waals surface area contributed by atoms with E-state index < -0.39 is 0 Å². The van der Waals surface area contributed by atoms with Crippen LogP contribution in [0.15, 0.2) is 48.5 Å². The number of quaternary nitrogens is 1. The number of benzene rings is 2. The lowest BCUT2D eigenvalue weighted by Crippen LogP contribution is -2.89. The third-order valence-corrected chi connectivity index (χ3v) is 4.07. The first kappa shape index (κ1) is 15.3. The second-order valence-corrected chi connectivity index (χ2v) is 5.65. The molecule has 2 aromatic rings. The molecular formula is C17H21N4O2+. The summed E-state index contributed by atoms with van der Waals surface area (Å²) in [5, 5.41) is 16.8. The number of nitrogens with two attached hydrogens (primary N) is 1. The molecule has 0 aromatic heterocycles. The maximum Gasteiger partial charge on any atom is 0.292 e. The highest BCUT2D eigenvalue weighted by Crippen LogP contribution is 2.30. The van der Waals surface area contributed by atoms with E-state index in [0.717, 1.165) is 37.4 Å². The van der Waals surface area contributed by atoms with Crippen LogP contribution in [0.5, 0.6) is 0 Å². The lowest BCUT2D eigenvalue weighted by atomic mass is 10.2. The number of nitro groups is 1. The number of rotatable bonds is 5. The molecule has 3 rings (SSSR count). The zero-order valence-electron chi connectivity index (χ0n) is 12.9. The zero-order valence-corrected chi connectivity index (χ0v) is 12.9. The molecular weight excluding hydrogens is 292 g/mol. The first-order valence-electron chi connectivity index (χ1n) is 7.87. The van der Waals surface area contributed by atoms with Crippen LogP contribution in [0.2, 0.25) is 0 Å². The van der Waals surface area contributed by atoms with Gasteiger partial charge >= 0.3 is 0 Å². The summed E-state index contributed by atoms with van der Waals surface area (Å²) in [5.41, 5.74) is 2.83. The van der Waals surface area contributed by atoms with Gasteiger partial charge in [0.25, 0.3) is 5.69 Å². The molecule has 2 aromatic carbocycles. The molecule has 6 heteroatoms. The fourth-order valence-corrected chi connectivity index (χ4v) is 2.82. The molecule has 0 radical (unpaired) electrons. The number of nitrogens with zero attached hydrogens (tertiary/aromatic N) is 2. The van der Waals surface area contributed by atoms with Crippen LogP contribution in [0.3, 0.4) is 0 Å².